The Morgan fingerprint density at radius 2 is 1.96 bits per heavy atom. The summed E-state index contributed by atoms with van der Waals surface area (Å²) in [6.07, 6.45) is 4.49. The van der Waals surface area contributed by atoms with Crippen molar-refractivity contribution in [3.8, 4) is 5.75 Å². The smallest absolute Gasteiger partial charge is 0.241 e. The maximum absolute atomic E-state index is 12.7. The second-order valence-corrected chi connectivity index (χ2v) is 7.26. The van der Waals surface area contributed by atoms with E-state index in [9.17, 15) is 4.79 Å². The minimum absolute atomic E-state index is 0.0257. The van der Waals surface area contributed by atoms with Crippen LogP contribution in [0.4, 0.5) is 0 Å². The van der Waals surface area contributed by atoms with Gasteiger partial charge in [-0.3, -0.25) is 9.89 Å². The first-order valence-corrected chi connectivity index (χ1v) is 9.16. The van der Waals surface area contributed by atoms with Crippen LogP contribution in [-0.2, 0) is 10.2 Å². The van der Waals surface area contributed by atoms with Crippen LogP contribution >= 0.6 is 0 Å². The molecule has 1 heterocycles. The van der Waals surface area contributed by atoms with E-state index in [4.69, 9.17) is 10.5 Å². The first-order chi connectivity index (χ1) is 12.5. The highest BCUT2D eigenvalue weighted by Gasteiger charge is 2.36. The van der Waals surface area contributed by atoms with E-state index in [1.54, 1.807) is 7.11 Å². The molecular formula is C20H28N4O2. The van der Waals surface area contributed by atoms with E-state index in [-0.39, 0.29) is 11.3 Å². The standard InChI is InChI=1S/C20H28N4O2/c1-13-17(14(2)24-23-13)18(21)19(25)22-12-20(10-4-5-11-20)15-6-8-16(26-3)9-7-15/h6-9,18H,4-5,10-12,21H2,1-3H3,(H,22,25)(H,23,24)/t18-/m0/s1. The van der Waals surface area contributed by atoms with Crippen molar-refractivity contribution in [2.45, 2.75) is 51.0 Å². The van der Waals surface area contributed by atoms with Crippen molar-refractivity contribution in [2.24, 2.45) is 5.73 Å². The summed E-state index contributed by atoms with van der Waals surface area (Å²) in [4.78, 5) is 12.7. The molecular weight excluding hydrogens is 328 g/mol. The van der Waals surface area contributed by atoms with Crippen molar-refractivity contribution >= 4 is 5.91 Å². The lowest BCUT2D eigenvalue weighted by molar-refractivity contribution is -0.122. The summed E-state index contributed by atoms with van der Waals surface area (Å²) in [5.41, 5.74) is 9.83. The van der Waals surface area contributed by atoms with Gasteiger partial charge in [-0.1, -0.05) is 25.0 Å². The van der Waals surface area contributed by atoms with Gasteiger partial charge in [0.2, 0.25) is 5.91 Å². The van der Waals surface area contributed by atoms with Gasteiger partial charge in [-0.05, 0) is 44.4 Å². The third-order valence-electron chi connectivity index (χ3n) is 5.64. The average Bonchev–Trinajstić information content (AvgIpc) is 3.27. The number of carbonyl (C=O) groups is 1. The molecule has 1 aliphatic rings. The minimum atomic E-state index is -0.705. The second kappa shape index (κ2) is 7.50. The third kappa shape index (κ3) is 3.46. The summed E-state index contributed by atoms with van der Waals surface area (Å²) in [5.74, 6) is 0.691. The summed E-state index contributed by atoms with van der Waals surface area (Å²) in [6.45, 7) is 4.35. The highest BCUT2D eigenvalue weighted by molar-refractivity contribution is 5.83. The van der Waals surface area contributed by atoms with Gasteiger partial charge in [0.05, 0.1) is 12.8 Å². The van der Waals surface area contributed by atoms with E-state index < -0.39 is 6.04 Å². The molecule has 4 N–H and O–H groups in total. The summed E-state index contributed by atoms with van der Waals surface area (Å²) < 4.78 is 5.26. The summed E-state index contributed by atoms with van der Waals surface area (Å²) in [5, 5.41) is 10.1. The van der Waals surface area contributed by atoms with Crippen molar-refractivity contribution < 1.29 is 9.53 Å². The maximum Gasteiger partial charge on any atom is 0.241 e. The summed E-state index contributed by atoms with van der Waals surface area (Å²) in [7, 11) is 1.67. The quantitative estimate of drug-likeness (QED) is 0.742. The van der Waals surface area contributed by atoms with E-state index in [1.165, 1.54) is 18.4 Å². The summed E-state index contributed by atoms with van der Waals surface area (Å²) in [6, 6.07) is 7.49. The number of hydrogen-bond donors (Lipinski definition) is 3. The molecule has 140 valence electrons. The first kappa shape index (κ1) is 18.5. The van der Waals surface area contributed by atoms with Gasteiger partial charge in [0.25, 0.3) is 0 Å². The number of nitrogens with two attached hydrogens (primary N) is 1. The fourth-order valence-electron chi connectivity index (χ4n) is 4.08. The lowest BCUT2D eigenvalue weighted by Crippen LogP contribution is -2.43. The fourth-order valence-corrected chi connectivity index (χ4v) is 4.08. The molecule has 1 amide bonds. The van der Waals surface area contributed by atoms with Crippen LogP contribution in [0, 0.1) is 13.8 Å². The molecule has 1 aliphatic carbocycles. The molecule has 3 rings (SSSR count). The van der Waals surface area contributed by atoms with Crippen LogP contribution in [0.25, 0.3) is 0 Å². The first-order valence-electron chi connectivity index (χ1n) is 9.16. The molecule has 6 nitrogen and oxygen atoms in total. The molecule has 0 bridgehead atoms. The van der Waals surface area contributed by atoms with E-state index >= 15 is 0 Å². The van der Waals surface area contributed by atoms with Gasteiger partial charge in [0, 0.05) is 23.2 Å². The maximum atomic E-state index is 12.7. The predicted molar refractivity (Wildman–Crippen MR) is 101 cm³/mol. The molecule has 0 unspecified atom stereocenters. The van der Waals surface area contributed by atoms with Crippen molar-refractivity contribution in [3.05, 3.63) is 46.8 Å². The minimum Gasteiger partial charge on any atom is -0.497 e. The molecule has 1 saturated carbocycles. The van der Waals surface area contributed by atoms with E-state index in [0.29, 0.717) is 6.54 Å². The molecule has 1 fully saturated rings. The Hall–Kier alpha value is -2.34. The topological polar surface area (TPSA) is 93.0 Å². The molecule has 0 saturated heterocycles. The highest BCUT2D eigenvalue weighted by Crippen LogP contribution is 2.41. The van der Waals surface area contributed by atoms with Gasteiger partial charge in [-0.2, -0.15) is 5.10 Å². The van der Waals surface area contributed by atoms with E-state index in [1.807, 2.05) is 26.0 Å². The fraction of sp³-hybridized carbons (Fsp3) is 0.500. The molecule has 1 aromatic carbocycles. The molecule has 0 aliphatic heterocycles. The number of methoxy groups -OCH3 is 1. The lowest BCUT2D eigenvalue weighted by Gasteiger charge is -2.30. The van der Waals surface area contributed by atoms with Crippen LogP contribution in [0.2, 0.25) is 0 Å². The predicted octanol–water partition coefficient (Wildman–Crippen LogP) is 2.66. The average molecular weight is 356 g/mol. The second-order valence-electron chi connectivity index (χ2n) is 7.26. The number of aromatic amines is 1. The Balaban J connectivity index is 1.73. The van der Waals surface area contributed by atoms with Crippen molar-refractivity contribution in [1.82, 2.24) is 15.5 Å². The Bertz CT molecular complexity index is 741. The Labute approximate surface area is 154 Å². The van der Waals surface area contributed by atoms with Crippen LogP contribution < -0.4 is 15.8 Å². The molecule has 1 aromatic heterocycles. The number of aromatic nitrogens is 2. The van der Waals surface area contributed by atoms with E-state index in [2.05, 4.69) is 27.6 Å². The number of hydrogen-bond acceptors (Lipinski definition) is 4. The zero-order valence-electron chi connectivity index (χ0n) is 15.8. The third-order valence-corrected chi connectivity index (χ3v) is 5.64. The zero-order chi connectivity index (χ0) is 18.7. The number of carbonyl (C=O) groups excluding carboxylic acids is 1. The van der Waals surface area contributed by atoms with Crippen molar-refractivity contribution in [2.75, 3.05) is 13.7 Å². The normalized spacial score (nSPS) is 17.1. The Kier molecular flexibility index (Phi) is 5.32. The Morgan fingerprint density at radius 1 is 1.31 bits per heavy atom. The molecule has 26 heavy (non-hydrogen) atoms. The van der Waals surface area contributed by atoms with Crippen molar-refractivity contribution in [1.29, 1.82) is 0 Å². The van der Waals surface area contributed by atoms with Gasteiger partial charge in [0.15, 0.2) is 0 Å². The molecule has 6 heteroatoms. The lowest BCUT2D eigenvalue weighted by atomic mass is 9.78. The van der Waals surface area contributed by atoms with Crippen LogP contribution in [-0.4, -0.2) is 29.8 Å². The highest BCUT2D eigenvalue weighted by atomic mass is 16.5. The number of rotatable bonds is 6. The van der Waals surface area contributed by atoms with Gasteiger partial charge in [0.1, 0.15) is 11.8 Å². The number of aryl methyl sites for hydroxylation is 2. The number of H-pyrrole nitrogens is 1. The SMILES string of the molecule is COc1ccc(C2(CNC(=O)[C@@H](N)c3c(C)n[nH]c3C)CCCC2)cc1. The zero-order valence-corrected chi connectivity index (χ0v) is 15.8. The largest absolute Gasteiger partial charge is 0.497 e. The number of benzene rings is 1. The van der Waals surface area contributed by atoms with Crippen molar-refractivity contribution in [3.63, 3.8) is 0 Å². The number of amides is 1. The Morgan fingerprint density at radius 3 is 2.50 bits per heavy atom. The number of nitrogens with zero attached hydrogens (tertiary/aromatic N) is 1. The number of ether oxygens (including phenoxy) is 1. The van der Waals surface area contributed by atoms with E-state index in [0.717, 1.165) is 35.5 Å². The van der Waals surface area contributed by atoms with Crippen LogP contribution in [0.1, 0.15) is 54.2 Å². The van der Waals surface area contributed by atoms with Gasteiger partial charge < -0.3 is 15.8 Å². The molecule has 1 atom stereocenters. The van der Waals surface area contributed by atoms with Crippen LogP contribution in [0.5, 0.6) is 5.75 Å². The van der Waals surface area contributed by atoms with Gasteiger partial charge in [-0.15, -0.1) is 0 Å². The van der Waals surface area contributed by atoms with Crippen LogP contribution in [0.15, 0.2) is 24.3 Å². The van der Waals surface area contributed by atoms with Gasteiger partial charge in [-0.25, -0.2) is 0 Å². The summed E-state index contributed by atoms with van der Waals surface area (Å²) >= 11 is 0. The number of nitrogens with one attached hydrogen (secondary N) is 2. The monoisotopic (exact) mass is 356 g/mol. The molecule has 0 spiro atoms. The molecule has 0 radical (unpaired) electrons. The van der Waals surface area contributed by atoms with Gasteiger partial charge >= 0.3 is 0 Å². The van der Waals surface area contributed by atoms with Crippen LogP contribution in [0.3, 0.4) is 0 Å². The molecule has 2 aromatic rings.